The summed E-state index contributed by atoms with van der Waals surface area (Å²) in [5.74, 6) is 0.660. The Morgan fingerprint density at radius 3 is 2.44 bits per heavy atom. The van der Waals surface area contributed by atoms with Crippen LogP contribution in [0.3, 0.4) is 0 Å². The zero-order chi connectivity index (χ0) is 6.85. The lowest BCUT2D eigenvalue weighted by Crippen LogP contribution is -1.79. The molecule has 0 spiro atoms. The highest BCUT2D eigenvalue weighted by atomic mass is 79.9. The Balaban J connectivity index is 2.85. The Morgan fingerprint density at radius 2 is 2.22 bits per heavy atom. The van der Waals surface area contributed by atoms with Crippen LogP contribution in [0.5, 0.6) is 0 Å². The van der Waals surface area contributed by atoms with E-state index in [2.05, 4.69) is 41.2 Å². The summed E-state index contributed by atoms with van der Waals surface area (Å²) in [4.78, 5) is 0. The van der Waals surface area contributed by atoms with Crippen molar-refractivity contribution in [2.45, 2.75) is 19.8 Å². The molecular formula is C7H9BrS. The third kappa shape index (κ3) is 1.80. The van der Waals surface area contributed by atoms with Crippen LogP contribution in [0.15, 0.2) is 15.2 Å². The van der Waals surface area contributed by atoms with Crippen LogP contribution in [0.25, 0.3) is 0 Å². The third-order valence-electron chi connectivity index (χ3n) is 1.25. The number of halogens is 1. The molecule has 0 aromatic carbocycles. The summed E-state index contributed by atoms with van der Waals surface area (Å²) in [5, 5.41) is 2.19. The fourth-order valence-corrected chi connectivity index (χ4v) is 1.96. The maximum atomic E-state index is 3.42. The van der Waals surface area contributed by atoms with Crippen LogP contribution in [-0.2, 0) is 0 Å². The summed E-state index contributed by atoms with van der Waals surface area (Å²) in [6.07, 6.45) is 0. The van der Waals surface area contributed by atoms with E-state index >= 15 is 0 Å². The fraction of sp³-hybridized carbons (Fsp3) is 0.429. The Bertz CT molecular complexity index is 191. The van der Waals surface area contributed by atoms with Crippen molar-refractivity contribution in [2.75, 3.05) is 0 Å². The van der Waals surface area contributed by atoms with Gasteiger partial charge in [-0.15, -0.1) is 11.3 Å². The van der Waals surface area contributed by atoms with Crippen molar-refractivity contribution in [3.8, 4) is 0 Å². The van der Waals surface area contributed by atoms with Gasteiger partial charge in [0.15, 0.2) is 0 Å². The lowest BCUT2D eigenvalue weighted by atomic mass is 10.1. The zero-order valence-electron chi connectivity index (χ0n) is 5.52. The first-order chi connectivity index (χ1) is 4.20. The average molecular weight is 205 g/mol. The molecule has 0 unspecified atom stereocenters. The average Bonchev–Trinajstić information content (AvgIpc) is 2.14. The molecule has 0 nitrogen and oxygen atoms in total. The highest BCUT2D eigenvalue weighted by molar-refractivity contribution is 9.11. The predicted molar refractivity (Wildman–Crippen MR) is 46.1 cm³/mol. The van der Waals surface area contributed by atoms with Gasteiger partial charge in [-0.25, -0.2) is 0 Å². The minimum Gasteiger partial charge on any atom is -0.137 e. The fourth-order valence-electron chi connectivity index (χ4n) is 0.626. The van der Waals surface area contributed by atoms with E-state index in [4.69, 9.17) is 0 Å². The van der Waals surface area contributed by atoms with Gasteiger partial charge in [-0.05, 0) is 38.9 Å². The molecule has 50 valence electrons. The lowest BCUT2D eigenvalue weighted by molar-refractivity contribution is 0.872. The van der Waals surface area contributed by atoms with Crippen molar-refractivity contribution < 1.29 is 0 Å². The smallest absolute Gasteiger partial charge is 0.0701 e. The quantitative estimate of drug-likeness (QED) is 0.656. The van der Waals surface area contributed by atoms with Crippen molar-refractivity contribution in [1.29, 1.82) is 0 Å². The van der Waals surface area contributed by atoms with Crippen LogP contribution in [0.2, 0.25) is 0 Å². The van der Waals surface area contributed by atoms with Crippen LogP contribution in [-0.4, -0.2) is 0 Å². The van der Waals surface area contributed by atoms with E-state index in [-0.39, 0.29) is 0 Å². The van der Waals surface area contributed by atoms with E-state index in [0.717, 1.165) is 0 Å². The van der Waals surface area contributed by atoms with Crippen molar-refractivity contribution in [3.63, 3.8) is 0 Å². The summed E-state index contributed by atoms with van der Waals surface area (Å²) in [7, 11) is 0. The van der Waals surface area contributed by atoms with E-state index in [1.807, 2.05) is 0 Å². The first-order valence-corrected chi connectivity index (χ1v) is 4.61. The molecule has 0 fully saturated rings. The summed E-state index contributed by atoms with van der Waals surface area (Å²) in [6, 6.07) is 2.18. The van der Waals surface area contributed by atoms with Crippen LogP contribution in [0.4, 0.5) is 0 Å². The normalized spacial score (nSPS) is 10.7. The van der Waals surface area contributed by atoms with Crippen LogP contribution in [0.1, 0.15) is 25.3 Å². The molecule has 1 rings (SSSR count). The SMILES string of the molecule is CC(C)c1csc(Br)c1. The lowest BCUT2D eigenvalue weighted by Gasteiger charge is -1.96. The summed E-state index contributed by atoms with van der Waals surface area (Å²) < 4.78 is 1.23. The van der Waals surface area contributed by atoms with Gasteiger partial charge < -0.3 is 0 Å². The van der Waals surface area contributed by atoms with E-state index in [9.17, 15) is 0 Å². The molecule has 0 N–H and O–H groups in total. The molecule has 0 saturated heterocycles. The molecule has 1 aromatic heterocycles. The van der Waals surface area contributed by atoms with Crippen molar-refractivity contribution in [2.24, 2.45) is 0 Å². The molecule has 0 saturated carbocycles. The van der Waals surface area contributed by atoms with Gasteiger partial charge in [0.05, 0.1) is 3.79 Å². The summed E-state index contributed by atoms with van der Waals surface area (Å²) in [6.45, 7) is 4.41. The van der Waals surface area contributed by atoms with Gasteiger partial charge in [0.25, 0.3) is 0 Å². The highest BCUT2D eigenvalue weighted by Gasteiger charge is 1.99. The zero-order valence-corrected chi connectivity index (χ0v) is 7.92. The first kappa shape index (κ1) is 7.29. The van der Waals surface area contributed by atoms with Gasteiger partial charge in [0, 0.05) is 0 Å². The van der Waals surface area contributed by atoms with Gasteiger partial charge in [-0.2, -0.15) is 0 Å². The van der Waals surface area contributed by atoms with Crippen molar-refractivity contribution >= 4 is 27.3 Å². The Kier molecular flexibility index (Phi) is 2.30. The molecular weight excluding hydrogens is 196 g/mol. The molecule has 9 heavy (non-hydrogen) atoms. The Labute approximate surface area is 68.0 Å². The van der Waals surface area contributed by atoms with E-state index in [1.54, 1.807) is 11.3 Å². The second-order valence-electron chi connectivity index (χ2n) is 2.34. The van der Waals surface area contributed by atoms with E-state index < -0.39 is 0 Å². The molecule has 0 aliphatic rings. The van der Waals surface area contributed by atoms with Gasteiger partial charge in [0.1, 0.15) is 0 Å². The van der Waals surface area contributed by atoms with E-state index in [0.29, 0.717) is 5.92 Å². The molecule has 0 amide bonds. The number of rotatable bonds is 1. The van der Waals surface area contributed by atoms with Crippen molar-refractivity contribution in [1.82, 2.24) is 0 Å². The maximum absolute atomic E-state index is 3.42. The second-order valence-corrected chi connectivity index (χ2v) is 4.63. The molecule has 1 heterocycles. The molecule has 0 bridgehead atoms. The highest BCUT2D eigenvalue weighted by Crippen LogP contribution is 2.25. The standard InChI is InChI=1S/C7H9BrS/c1-5(2)6-3-7(8)9-4-6/h3-5H,1-2H3. The van der Waals surface area contributed by atoms with Gasteiger partial charge in [0.2, 0.25) is 0 Å². The van der Waals surface area contributed by atoms with Crippen LogP contribution < -0.4 is 0 Å². The van der Waals surface area contributed by atoms with E-state index in [1.165, 1.54) is 9.35 Å². The second kappa shape index (κ2) is 2.84. The van der Waals surface area contributed by atoms with Gasteiger partial charge >= 0.3 is 0 Å². The third-order valence-corrected chi connectivity index (χ3v) is 2.78. The Hall–Kier alpha value is 0.180. The first-order valence-electron chi connectivity index (χ1n) is 2.94. The number of thiophene rings is 1. The molecule has 0 atom stereocenters. The maximum Gasteiger partial charge on any atom is 0.0701 e. The number of hydrogen-bond donors (Lipinski definition) is 0. The summed E-state index contributed by atoms with van der Waals surface area (Å²) in [5.41, 5.74) is 1.42. The Morgan fingerprint density at radius 1 is 1.56 bits per heavy atom. The predicted octanol–water partition coefficient (Wildman–Crippen LogP) is 3.63. The molecule has 1 aromatic rings. The van der Waals surface area contributed by atoms with Gasteiger partial charge in [-0.1, -0.05) is 13.8 Å². The van der Waals surface area contributed by atoms with Crippen LogP contribution >= 0.6 is 27.3 Å². The molecule has 0 aliphatic heterocycles. The number of hydrogen-bond acceptors (Lipinski definition) is 1. The van der Waals surface area contributed by atoms with Gasteiger partial charge in [-0.3, -0.25) is 0 Å². The topological polar surface area (TPSA) is 0 Å². The minimum atomic E-state index is 0.660. The molecule has 2 heteroatoms. The summed E-state index contributed by atoms with van der Waals surface area (Å²) >= 11 is 5.17. The monoisotopic (exact) mass is 204 g/mol. The molecule has 0 aliphatic carbocycles. The van der Waals surface area contributed by atoms with Crippen molar-refractivity contribution in [3.05, 3.63) is 20.8 Å². The van der Waals surface area contributed by atoms with Crippen LogP contribution in [0, 0.1) is 0 Å². The molecule has 0 radical (unpaired) electrons. The minimum absolute atomic E-state index is 0.660. The largest absolute Gasteiger partial charge is 0.137 e.